The number of nitro groups is 1. The summed E-state index contributed by atoms with van der Waals surface area (Å²) in [5, 5.41) is 13.2. The molecule has 0 bridgehead atoms. The Balaban J connectivity index is 2.00. The number of carbonyl (C=O) groups excluding carboxylic acids is 4. The Hall–Kier alpha value is -3.30. The molecule has 0 atom stereocenters. The molecule has 29 heavy (non-hydrogen) atoms. The van der Waals surface area contributed by atoms with Crippen molar-refractivity contribution in [1.29, 1.82) is 0 Å². The van der Waals surface area contributed by atoms with Crippen molar-refractivity contribution in [2.75, 3.05) is 13.2 Å². The van der Waals surface area contributed by atoms with E-state index in [1.165, 1.54) is 0 Å². The first kappa shape index (κ1) is 22.0. The number of rotatable bonds is 7. The van der Waals surface area contributed by atoms with Gasteiger partial charge in [0.05, 0.1) is 22.7 Å². The minimum absolute atomic E-state index is 0.0521. The van der Waals surface area contributed by atoms with Gasteiger partial charge in [0.1, 0.15) is 0 Å². The number of nitrogens with one attached hydrogen (secondary N) is 1. The molecule has 1 saturated carbocycles. The predicted molar refractivity (Wildman–Crippen MR) is 99.1 cm³/mol. The van der Waals surface area contributed by atoms with E-state index in [-0.39, 0.29) is 23.7 Å². The Morgan fingerprint density at radius 3 is 2.17 bits per heavy atom. The predicted octanol–water partition coefficient (Wildman–Crippen LogP) is 2.15. The number of amides is 2. The number of benzene rings is 1. The number of non-ortho nitro benzene ring substituents is 1. The monoisotopic (exact) mass is 406 g/mol. The number of carbonyl (C=O) groups is 4. The number of hydrogen-bond acceptors (Lipinski definition) is 8. The fraction of sp³-hybridized carbons (Fsp3) is 0.474. The van der Waals surface area contributed by atoms with Crippen molar-refractivity contribution in [2.45, 2.75) is 39.0 Å². The summed E-state index contributed by atoms with van der Waals surface area (Å²) in [4.78, 5) is 58.2. The van der Waals surface area contributed by atoms with Crippen LogP contribution < -0.4 is 5.32 Å². The Bertz CT molecular complexity index is 814. The topological polar surface area (TPSA) is 142 Å². The lowest BCUT2D eigenvalue weighted by Gasteiger charge is -2.20. The Morgan fingerprint density at radius 2 is 1.62 bits per heavy atom. The van der Waals surface area contributed by atoms with Gasteiger partial charge in [-0.15, -0.1) is 0 Å². The summed E-state index contributed by atoms with van der Waals surface area (Å²) in [5.41, 5.74) is -0.974. The van der Waals surface area contributed by atoms with E-state index in [1.807, 2.05) is 0 Å². The molecule has 10 nitrogen and oxygen atoms in total. The second-order valence-electron chi connectivity index (χ2n) is 6.57. The molecule has 1 aromatic carbocycles. The van der Waals surface area contributed by atoms with Gasteiger partial charge in [-0.2, -0.15) is 0 Å². The molecule has 2 amide bonds. The molecule has 0 spiro atoms. The maximum absolute atomic E-state index is 12.2. The second kappa shape index (κ2) is 10.3. The zero-order chi connectivity index (χ0) is 21.4. The molecule has 1 aliphatic rings. The molecule has 0 radical (unpaired) electrons. The van der Waals surface area contributed by atoms with E-state index in [0.29, 0.717) is 12.8 Å². The highest BCUT2D eigenvalue weighted by Crippen LogP contribution is 2.23. The van der Waals surface area contributed by atoms with Gasteiger partial charge in [-0.1, -0.05) is 19.3 Å². The summed E-state index contributed by atoms with van der Waals surface area (Å²) in [7, 11) is 0. The largest absolute Gasteiger partial charge is 0.462 e. The van der Waals surface area contributed by atoms with E-state index < -0.39 is 41.0 Å². The van der Waals surface area contributed by atoms with Crippen LogP contribution in [0.15, 0.2) is 18.2 Å². The third kappa shape index (κ3) is 6.37. The van der Waals surface area contributed by atoms with Crippen molar-refractivity contribution in [3.8, 4) is 0 Å². The lowest BCUT2D eigenvalue weighted by atomic mass is 9.89. The lowest BCUT2D eigenvalue weighted by Crippen LogP contribution is -2.38. The quantitative estimate of drug-likeness (QED) is 0.412. The molecule has 0 aromatic heterocycles. The highest BCUT2D eigenvalue weighted by Gasteiger charge is 2.24. The number of imide groups is 1. The van der Waals surface area contributed by atoms with Crippen LogP contribution in [-0.2, 0) is 19.1 Å². The molecular formula is C19H22N2O8. The molecule has 1 N–H and O–H groups in total. The molecular weight excluding hydrogens is 384 g/mol. The maximum atomic E-state index is 12.2. The Labute approximate surface area is 166 Å². The maximum Gasteiger partial charge on any atom is 0.338 e. The van der Waals surface area contributed by atoms with Gasteiger partial charge in [0, 0.05) is 18.1 Å². The highest BCUT2D eigenvalue weighted by molar-refractivity contribution is 5.99. The molecule has 0 aliphatic heterocycles. The van der Waals surface area contributed by atoms with Crippen LogP contribution in [0.2, 0.25) is 0 Å². The molecule has 2 rings (SSSR count). The van der Waals surface area contributed by atoms with Crippen molar-refractivity contribution in [2.24, 2.45) is 5.92 Å². The van der Waals surface area contributed by atoms with Crippen molar-refractivity contribution in [3.05, 3.63) is 39.4 Å². The summed E-state index contributed by atoms with van der Waals surface area (Å²) in [5.74, 6) is -3.29. The van der Waals surface area contributed by atoms with Gasteiger partial charge in [-0.3, -0.25) is 25.0 Å². The number of esters is 2. The van der Waals surface area contributed by atoms with Crippen LogP contribution in [0.25, 0.3) is 0 Å². The van der Waals surface area contributed by atoms with Crippen molar-refractivity contribution < 1.29 is 33.6 Å². The zero-order valence-corrected chi connectivity index (χ0v) is 16.0. The summed E-state index contributed by atoms with van der Waals surface area (Å²) in [6.45, 7) is 0.892. The van der Waals surface area contributed by atoms with Gasteiger partial charge < -0.3 is 9.47 Å². The average Bonchev–Trinajstić information content (AvgIpc) is 2.72. The van der Waals surface area contributed by atoms with Crippen LogP contribution in [0.3, 0.4) is 0 Å². The third-order valence-corrected chi connectivity index (χ3v) is 4.45. The highest BCUT2D eigenvalue weighted by atomic mass is 16.6. The minimum atomic E-state index is -1.04. The third-order valence-electron chi connectivity index (χ3n) is 4.45. The molecule has 1 fully saturated rings. The van der Waals surface area contributed by atoms with Crippen LogP contribution in [0.5, 0.6) is 0 Å². The fourth-order valence-electron chi connectivity index (χ4n) is 3.02. The van der Waals surface area contributed by atoms with E-state index in [2.05, 4.69) is 5.32 Å². The Morgan fingerprint density at radius 1 is 1.03 bits per heavy atom. The summed E-state index contributed by atoms with van der Waals surface area (Å²) < 4.78 is 9.61. The SMILES string of the molecule is CCOC(=O)c1cc(C(=O)OCC(=O)NC(=O)C2CCCCC2)cc([N+](=O)[O-])c1. The molecule has 10 heteroatoms. The van der Waals surface area contributed by atoms with Crippen molar-refractivity contribution in [3.63, 3.8) is 0 Å². The molecule has 0 unspecified atom stereocenters. The van der Waals surface area contributed by atoms with Gasteiger partial charge in [0.15, 0.2) is 6.61 Å². The molecule has 1 aromatic rings. The Kier molecular flexibility index (Phi) is 7.81. The lowest BCUT2D eigenvalue weighted by molar-refractivity contribution is -0.384. The normalized spacial score (nSPS) is 14.0. The van der Waals surface area contributed by atoms with E-state index in [0.717, 1.165) is 37.5 Å². The molecule has 0 saturated heterocycles. The van der Waals surface area contributed by atoms with Crippen LogP contribution in [0.1, 0.15) is 59.7 Å². The van der Waals surface area contributed by atoms with Gasteiger partial charge in [0.25, 0.3) is 11.6 Å². The average molecular weight is 406 g/mol. The number of hydrogen-bond donors (Lipinski definition) is 1. The summed E-state index contributed by atoms with van der Waals surface area (Å²) in [6, 6.07) is 2.98. The van der Waals surface area contributed by atoms with Crippen LogP contribution in [-0.4, -0.2) is 41.9 Å². The molecule has 1 aliphatic carbocycles. The second-order valence-corrected chi connectivity index (χ2v) is 6.57. The molecule has 0 heterocycles. The van der Waals surface area contributed by atoms with Crippen LogP contribution >= 0.6 is 0 Å². The fourth-order valence-corrected chi connectivity index (χ4v) is 3.02. The van der Waals surface area contributed by atoms with E-state index in [1.54, 1.807) is 6.92 Å². The first-order chi connectivity index (χ1) is 13.8. The first-order valence-corrected chi connectivity index (χ1v) is 9.29. The zero-order valence-electron chi connectivity index (χ0n) is 16.0. The van der Waals surface area contributed by atoms with E-state index in [9.17, 15) is 29.3 Å². The van der Waals surface area contributed by atoms with E-state index in [4.69, 9.17) is 9.47 Å². The smallest absolute Gasteiger partial charge is 0.338 e. The number of nitro benzene ring substituents is 1. The number of ether oxygens (including phenoxy) is 2. The summed E-state index contributed by atoms with van der Waals surface area (Å²) in [6.07, 6.45) is 4.34. The van der Waals surface area contributed by atoms with Gasteiger partial charge >= 0.3 is 11.9 Å². The van der Waals surface area contributed by atoms with Gasteiger partial charge in [-0.25, -0.2) is 9.59 Å². The van der Waals surface area contributed by atoms with Crippen molar-refractivity contribution >= 4 is 29.4 Å². The summed E-state index contributed by atoms with van der Waals surface area (Å²) >= 11 is 0. The first-order valence-electron chi connectivity index (χ1n) is 9.29. The number of nitrogens with zero attached hydrogens (tertiary/aromatic N) is 1. The molecule has 156 valence electrons. The van der Waals surface area contributed by atoms with Crippen molar-refractivity contribution in [1.82, 2.24) is 5.32 Å². The van der Waals surface area contributed by atoms with Gasteiger partial charge in [0.2, 0.25) is 5.91 Å². The minimum Gasteiger partial charge on any atom is -0.462 e. The van der Waals surface area contributed by atoms with Crippen LogP contribution in [0.4, 0.5) is 5.69 Å². The standard InChI is InChI=1S/C19H22N2O8/c1-2-28-18(24)13-8-14(10-15(9-13)21(26)27)19(25)29-11-16(22)20-17(23)12-6-4-3-5-7-12/h8-10,12H,2-7,11H2,1H3,(H,20,22,23). The van der Waals surface area contributed by atoms with Crippen LogP contribution in [0, 0.1) is 16.0 Å². The van der Waals surface area contributed by atoms with Gasteiger partial charge in [-0.05, 0) is 25.8 Å². The van der Waals surface area contributed by atoms with E-state index >= 15 is 0 Å².